The quantitative estimate of drug-likeness (QED) is 0.490. The Hall–Kier alpha value is -3.05. The van der Waals surface area contributed by atoms with E-state index in [2.05, 4.69) is 32.3 Å². The van der Waals surface area contributed by atoms with Crippen molar-refractivity contribution in [3.8, 4) is 11.8 Å². The van der Waals surface area contributed by atoms with E-state index in [-0.39, 0.29) is 11.3 Å². The average molecular weight is 335 g/mol. The summed E-state index contributed by atoms with van der Waals surface area (Å²) in [6, 6.07) is 14.9. The first-order chi connectivity index (χ1) is 11.7. The van der Waals surface area contributed by atoms with Crippen LogP contribution in [0.5, 0.6) is 5.75 Å². The highest BCUT2D eigenvalue weighted by atomic mass is 32.1. The van der Waals surface area contributed by atoms with Crippen molar-refractivity contribution < 1.29 is 5.11 Å². The van der Waals surface area contributed by atoms with Crippen LogP contribution in [-0.4, -0.2) is 21.1 Å². The summed E-state index contributed by atoms with van der Waals surface area (Å²) in [5.41, 5.74) is 2.75. The molecule has 118 valence electrons. The summed E-state index contributed by atoms with van der Waals surface area (Å²) in [4.78, 5) is 0. The Morgan fingerprint density at radius 1 is 1.04 bits per heavy atom. The number of para-hydroxylation sites is 2. The molecule has 0 radical (unpaired) electrons. The number of nitrogens with one attached hydrogen (secondary N) is 2. The third kappa shape index (κ3) is 3.16. The molecule has 0 saturated carbocycles. The molecule has 3 N–H and O–H groups in total. The van der Waals surface area contributed by atoms with Gasteiger partial charge in [0.15, 0.2) is 24.7 Å². The van der Waals surface area contributed by atoms with Gasteiger partial charge in [-0.25, -0.2) is 0 Å². The van der Waals surface area contributed by atoms with Crippen LogP contribution < -0.4 is 16.1 Å². The number of phenols is 1. The number of aromatic nitrogens is 2. The predicted octanol–water partition coefficient (Wildman–Crippen LogP) is 2.71. The zero-order valence-electron chi connectivity index (χ0n) is 12.9. The highest BCUT2D eigenvalue weighted by Gasteiger charge is 2.13. The average Bonchev–Trinajstić information content (AvgIpc) is 3.04. The first-order valence-electron chi connectivity index (χ1n) is 7.39. The number of hydrogen-bond acceptors (Lipinski definition) is 7. The summed E-state index contributed by atoms with van der Waals surface area (Å²) in [6.07, 6.45) is 0. The van der Waals surface area contributed by atoms with Gasteiger partial charge in [0.05, 0.1) is 23.0 Å². The van der Waals surface area contributed by atoms with Crippen molar-refractivity contribution in [1.29, 1.82) is 5.26 Å². The summed E-state index contributed by atoms with van der Waals surface area (Å²) >= 11 is 1.06. The Morgan fingerprint density at radius 2 is 1.71 bits per heavy atom. The van der Waals surface area contributed by atoms with Crippen molar-refractivity contribution in [2.45, 2.75) is 6.82 Å². The van der Waals surface area contributed by atoms with Crippen molar-refractivity contribution >= 4 is 47.5 Å². The largest absolute Gasteiger partial charge is 0.504 e. The molecule has 2 aromatic carbocycles. The molecule has 1 heterocycles. The van der Waals surface area contributed by atoms with Crippen LogP contribution >= 0.6 is 11.7 Å². The minimum atomic E-state index is -0.104. The van der Waals surface area contributed by atoms with Crippen molar-refractivity contribution in [1.82, 2.24) is 8.75 Å². The van der Waals surface area contributed by atoms with Crippen molar-refractivity contribution in [3.63, 3.8) is 0 Å². The second-order valence-corrected chi connectivity index (χ2v) is 5.56. The first-order valence-corrected chi connectivity index (χ1v) is 8.12. The van der Waals surface area contributed by atoms with E-state index < -0.39 is 0 Å². The fourth-order valence-electron chi connectivity index (χ4n) is 2.29. The minimum absolute atomic E-state index is 0.104. The van der Waals surface area contributed by atoms with E-state index in [4.69, 9.17) is 5.26 Å². The van der Waals surface area contributed by atoms with Crippen LogP contribution in [0, 0.1) is 11.3 Å². The topological polar surface area (TPSA) is 93.9 Å². The maximum absolute atomic E-state index is 10.1. The van der Waals surface area contributed by atoms with Crippen LogP contribution in [0.4, 0.5) is 23.0 Å². The smallest absolute Gasteiger partial charge is 0.189 e. The molecule has 6 nitrogen and oxygen atoms in total. The molecule has 8 heteroatoms. The van der Waals surface area contributed by atoms with Gasteiger partial charge in [0.1, 0.15) is 6.07 Å². The molecular weight excluding hydrogens is 321 g/mol. The molecule has 0 amide bonds. The van der Waals surface area contributed by atoms with Gasteiger partial charge in [-0.2, -0.15) is 14.0 Å². The standard InChI is InChI=1S/C16H14BN5OS/c1-17-11-6-2-3-7-12(11)19-15-16(22-24-21-15)20-13-8-4-5-10(9-18)14(13)23/h2-8,17,23H,1H3,(H,19,21)(H,20,22). The van der Waals surface area contributed by atoms with E-state index in [0.29, 0.717) is 17.3 Å². The molecular formula is C16H14BN5OS. The lowest BCUT2D eigenvalue weighted by molar-refractivity contribution is 0.476. The highest BCUT2D eigenvalue weighted by molar-refractivity contribution is 6.99. The maximum Gasteiger partial charge on any atom is 0.189 e. The Balaban J connectivity index is 1.88. The fourth-order valence-corrected chi connectivity index (χ4v) is 2.76. The normalized spacial score (nSPS) is 10.0. The van der Waals surface area contributed by atoms with Gasteiger partial charge in [-0.1, -0.05) is 36.6 Å². The molecule has 0 spiro atoms. The van der Waals surface area contributed by atoms with Crippen LogP contribution in [0.15, 0.2) is 42.5 Å². The van der Waals surface area contributed by atoms with E-state index in [9.17, 15) is 5.11 Å². The molecule has 0 aliphatic carbocycles. The van der Waals surface area contributed by atoms with Gasteiger partial charge in [0.2, 0.25) is 0 Å². The van der Waals surface area contributed by atoms with Gasteiger partial charge < -0.3 is 15.7 Å². The third-order valence-corrected chi connectivity index (χ3v) is 4.08. The summed E-state index contributed by atoms with van der Waals surface area (Å²) in [6.45, 7) is 2.09. The Kier molecular flexibility index (Phi) is 4.63. The second kappa shape index (κ2) is 7.02. The summed E-state index contributed by atoms with van der Waals surface area (Å²) in [7, 11) is 0.897. The third-order valence-electron chi connectivity index (χ3n) is 3.55. The first kappa shape index (κ1) is 15.8. The lowest BCUT2D eigenvalue weighted by Gasteiger charge is -2.11. The molecule has 0 aliphatic rings. The van der Waals surface area contributed by atoms with E-state index in [0.717, 1.165) is 24.7 Å². The number of rotatable bonds is 5. The molecule has 0 aliphatic heterocycles. The van der Waals surface area contributed by atoms with Gasteiger partial charge in [-0.3, -0.25) is 0 Å². The van der Waals surface area contributed by atoms with Crippen LogP contribution in [0.25, 0.3) is 0 Å². The summed E-state index contributed by atoms with van der Waals surface area (Å²) in [5, 5.41) is 25.4. The SMILES string of the molecule is CBc1ccccc1Nc1nsnc1Nc1cccc(C#N)c1O. The van der Waals surface area contributed by atoms with Crippen molar-refractivity contribution in [3.05, 3.63) is 48.0 Å². The number of phenolic OH excluding ortho intramolecular Hbond substituents is 1. The molecule has 0 saturated heterocycles. The molecule has 0 atom stereocenters. The van der Waals surface area contributed by atoms with Crippen LogP contribution in [-0.2, 0) is 0 Å². The Bertz CT molecular complexity index is 905. The minimum Gasteiger partial charge on any atom is -0.504 e. The van der Waals surface area contributed by atoms with Crippen LogP contribution in [0.3, 0.4) is 0 Å². The fraction of sp³-hybridized carbons (Fsp3) is 0.0625. The van der Waals surface area contributed by atoms with Crippen molar-refractivity contribution in [2.75, 3.05) is 10.6 Å². The van der Waals surface area contributed by atoms with Gasteiger partial charge in [0, 0.05) is 5.69 Å². The molecule has 24 heavy (non-hydrogen) atoms. The van der Waals surface area contributed by atoms with E-state index in [1.807, 2.05) is 24.3 Å². The molecule has 3 rings (SSSR count). The molecule has 1 aromatic heterocycles. The van der Waals surface area contributed by atoms with E-state index in [1.54, 1.807) is 18.2 Å². The van der Waals surface area contributed by atoms with Gasteiger partial charge in [0.25, 0.3) is 0 Å². The highest BCUT2D eigenvalue weighted by Crippen LogP contribution is 2.32. The zero-order valence-corrected chi connectivity index (χ0v) is 13.8. The van der Waals surface area contributed by atoms with E-state index in [1.165, 1.54) is 5.46 Å². The maximum atomic E-state index is 10.1. The zero-order chi connectivity index (χ0) is 16.9. The second-order valence-electron chi connectivity index (χ2n) is 5.04. The van der Waals surface area contributed by atoms with E-state index >= 15 is 0 Å². The van der Waals surface area contributed by atoms with Gasteiger partial charge >= 0.3 is 0 Å². The Morgan fingerprint density at radius 3 is 2.42 bits per heavy atom. The number of aromatic hydroxyl groups is 1. The number of hydrogen-bond donors (Lipinski definition) is 3. The Labute approximate surface area is 144 Å². The predicted molar refractivity (Wildman–Crippen MR) is 98.4 cm³/mol. The van der Waals surface area contributed by atoms with Crippen LogP contribution in [0.1, 0.15) is 5.56 Å². The molecule has 0 bridgehead atoms. The number of nitriles is 1. The molecule has 3 aromatic rings. The van der Waals surface area contributed by atoms with Gasteiger partial charge in [-0.15, -0.1) is 0 Å². The number of benzene rings is 2. The summed E-state index contributed by atoms with van der Waals surface area (Å²) in [5.74, 6) is 0.965. The summed E-state index contributed by atoms with van der Waals surface area (Å²) < 4.78 is 8.49. The van der Waals surface area contributed by atoms with Gasteiger partial charge in [-0.05, 0) is 18.2 Å². The molecule has 0 unspecified atom stereocenters. The number of anilines is 4. The van der Waals surface area contributed by atoms with Crippen LogP contribution in [0.2, 0.25) is 6.82 Å². The monoisotopic (exact) mass is 335 g/mol. The number of nitrogens with zero attached hydrogens (tertiary/aromatic N) is 3. The van der Waals surface area contributed by atoms with Crippen molar-refractivity contribution in [2.24, 2.45) is 0 Å². The molecule has 0 fully saturated rings. The lowest BCUT2D eigenvalue weighted by Crippen LogP contribution is -2.15. The lowest BCUT2D eigenvalue weighted by atomic mass is 9.72.